The van der Waals surface area contributed by atoms with Crippen LogP contribution in [0.2, 0.25) is 5.02 Å². The lowest BCUT2D eigenvalue weighted by molar-refractivity contribution is 0.0730. The van der Waals surface area contributed by atoms with Gasteiger partial charge in [0.25, 0.3) is 0 Å². The molecule has 0 saturated carbocycles. The van der Waals surface area contributed by atoms with Crippen molar-refractivity contribution < 1.29 is 18.7 Å². The van der Waals surface area contributed by atoms with Crippen molar-refractivity contribution in [2.75, 3.05) is 7.11 Å². The quantitative estimate of drug-likeness (QED) is 0.416. The van der Waals surface area contributed by atoms with E-state index >= 15 is 0 Å². The van der Waals surface area contributed by atoms with Gasteiger partial charge in [0.15, 0.2) is 0 Å². The number of rotatable bonds is 3. The molecule has 1 aromatic heterocycles. The fraction of sp³-hybridized carbons (Fsp3) is 0.0588. The van der Waals surface area contributed by atoms with Crippen molar-refractivity contribution in [2.24, 2.45) is 0 Å². The largest absolute Gasteiger partial charge is 0.497 e. The zero-order valence-corrected chi connectivity index (χ0v) is 12.8. The van der Waals surface area contributed by atoms with Gasteiger partial charge in [-0.05, 0) is 42.5 Å². The molecule has 0 amide bonds. The minimum atomic E-state index is -0.814. The summed E-state index contributed by atoms with van der Waals surface area (Å²) in [6, 6.07) is 12.7. The molecule has 0 spiro atoms. The smallest absolute Gasteiger partial charge is 0.351 e. The van der Waals surface area contributed by atoms with Crippen molar-refractivity contribution in [3.8, 4) is 11.5 Å². The molecule has 3 rings (SSSR count). The average Bonchev–Trinajstić information content (AvgIpc) is 2.53. The van der Waals surface area contributed by atoms with Gasteiger partial charge >= 0.3 is 11.6 Å². The van der Waals surface area contributed by atoms with Crippen LogP contribution in [0.5, 0.6) is 11.5 Å². The van der Waals surface area contributed by atoms with Gasteiger partial charge in [-0.25, -0.2) is 9.59 Å². The molecule has 3 aromatic rings. The van der Waals surface area contributed by atoms with E-state index in [1.165, 1.54) is 19.2 Å². The van der Waals surface area contributed by atoms with Crippen molar-refractivity contribution in [1.82, 2.24) is 0 Å². The monoisotopic (exact) mass is 330 g/mol. The first-order valence-corrected chi connectivity index (χ1v) is 7.04. The molecule has 0 aliphatic carbocycles. The Morgan fingerprint density at radius 1 is 1.09 bits per heavy atom. The Balaban J connectivity index is 1.99. The summed E-state index contributed by atoms with van der Waals surface area (Å²) in [5.74, 6) is 0.0129. The normalized spacial score (nSPS) is 10.5. The minimum absolute atomic E-state index is 0.203. The molecule has 0 bridgehead atoms. The highest BCUT2D eigenvalue weighted by atomic mass is 35.5. The molecule has 2 aromatic carbocycles. The van der Waals surface area contributed by atoms with Crippen LogP contribution in [-0.4, -0.2) is 13.1 Å². The maximum Gasteiger partial charge on any atom is 0.351 e. The average molecular weight is 331 g/mol. The molecule has 23 heavy (non-hydrogen) atoms. The first kappa shape index (κ1) is 15.1. The van der Waals surface area contributed by atoms with Gasteiger partial charge < -0.3 is 13.9 Å². The lowest BCUT2D eigenvalue weighted by Crippen LogP contribution is -2.18. The lowest BCUT2D eigenvalue weighted by Gasteiger charge is -2.05. The Bertz CT molecular complexity index is 945. The van der Waals surface area contributed by atoms with E-state index in [2.05, 4.69) is 0 Å². The van der Waals surface area contributed by atoms with Crippen LogP contribution in [0.15, 0.2) is 57.7 Å². The van der Waals surface area contributed by atoms with Crippen molar-refractivity contribution in [3.63, 3.8) is 0 Å². The van der Waals surface area contributed by atoms with Gasteiger partial charge in [-0.3, -0.25) is 0 Å². The number of carbonyl (C=O) groups excluding carboxylic acids is 1. The molecule has 0 aliphatic rings. The zero-order valence-electron chi connectivity index (χ0n) is 12.0. The summed E-state index contributed by atoms with van der Waals surface area (Å²) in [4.78, 5) is 24.1. The third kappa shape index (κ3) is 3.19. The van der Waals surface area contributed by atoms with Gasteiger partial charge in [0.1, 0.15) is 22.6 Å². The van der Waals surface area contributed by atoms with E-state index in [0.717, 1.165) is 0 Å². The Labute approximate surface area is 136 Å². The standard InChI is InChI=1S/C17H11ClO5/c1-21-12-5-6-15-10(7-12)8-14(17(20)23-15)16(19)22-13-4-2-3-11(18)9-13/h2-9H,1H3. The van der Waals surface area contributed by atoms with Gasteiger partial charge in [0.05, 0.1) is 7.11 Å². The van der Waals surface area contributed by atoms with Crippen LogP contribution in [-0.2, 0) is 0 Å². The number of fused-ring (bicyclic) bond motifs is 1. The molecule has 0 N–H and O–H groups in total. The summed E-state index contributed by atoms with van der Waals surface area (Å²) in [6.07, 6.45) is 0. The number of ether oxygens (including phenoxy) is 2. The summed E-state index contributed by atoms with van der Waals surface area (Å²) in [6.45, 7) is 0. The van der Waals surface area contributed by atoms with Crippen LogP contribution < -0.4 is 15.1 Å². The molecular weight excluding hydrogens is 320 g/mol. The molecule has 0 aliphatic heterocycles. The number of benzene rings is 2. The van der Waals surface area contributed by atoms with Crippen LogP contribution in [0.4, 0.5) is 0 Å². The Morgan fingerprint density at radius 3 is 2.65 bits per heavy atom. The Kier molecular flexibility index (Phi) is 4.04. The van der Waals surface area contributed by atoms with Crippen LogP contribution in [0, 0.1) is 0 Å². The van der Waals surface area contributed by atoms with E-state index in [9.17, 15) is 9.59 Å². The van der Waals surface area contributed by atoms with Gasteiger partial charge in [0, 0.05) is 10.4 Å². The summed E-state index contributed by atoms with van der Waals surface area (Å²) >= 11 is 5.83. The van der Waals surface area contributed by atoms with Gasteiger partial charge in [0.2, 0.25) is 0 Å². The Hall–Kier alpha value is -2.79. The zero-order chi connectivity index (χ0) is 16.4. The van der Waals surface area contributed by atoms with E-state index < -0.39 is 11.6 Å². The highest BCUT2D eigenvalue weighted by molar-refractivity contribution is 6.30. The van der Waals surface area contributed by atoms with E-state index in [1.54, 1.807) is 36.4 Å². The predicted molar refractivity (Wildman–Crippen MR) is 85.4 cm³/mol. The van der Waals surface area contributed by atoms with E-state index in [4.69, 9.17) is 25.5 Å². The topological polar surface area (TPSA) is 65.7 Å². The fourth-order valence-electron chi connectivity index (χ4n) is 2.06. The summed E-state index contributed by atoms with van der Waals surface area (Å²) in [7, 11) is 1.52. The van der Waals surface area contributed by atoms with Crippen LogP contribution >= 0.6 is 11.6 Å². The molecule has 116 valence electrons. The molecule has 0 unspecified atom stereocenters. The summed E-state index contributed by atoms with van der Waals surface area (Å²) < 4.78 is 15.4. The van der Waals surface area contributed by atoms with E-state index in [0.29, 0.717) is 21.7 Å². The molecule has 0 fully saturated rings. The van der Waals surface area contributed by atoms with Crippen molar-refractivity contribution in [3.05, 3.63) is 69.5 Å². The SMILES string of the molecule is COc1ccc2oc(=O)c(C(=O)Oc3cccc(Cl)c3)cc2c1. The number of hydrogen-bond donors (Lipinski definition) is 0. The van der Waals surface area contributed by atoms with Crippen LogP contribution in [0.1, 0.15) is 10.4 Å². The third-order valence-corrected chi connectivity index (χ3v) is 3.40. The number of carbonyl (C=O) groups is 1. The van der Waals surface area contributed by atoms with E-state index in [-0.39, 0.29) is 11.3 Å². The van der Waals surface area contributed by atoms with Crippen molar-refractivity contribution >= 4 is 28.5 Å². The number of halogens is 1. The Morgan fingerprint density at radius 2 is 1.91 bits per heavy atom. The molecule has 5 nitrogen and oxygen atoms in total. The molecule has 0 saturated heterocycles. The summed E-state index contributed by atoms with van der Waals surface area (Å²) in [5, 5.41) is 0.979. The highest BCUT2D eigenvalue weighted by Gasteiger charge is 2.16. The molecule has 6 heteroatoms. The van der Waals surface area contributed by atoms with Crippen LogP contribution in [0.25, 0.3) is 11.0 Å². The highest BCUT2D eigenvalue weighted by Crippen LogP contribution is 2.22. The fourth-order valence-corrected chi connectivity index (χ4v) is 2.24. The lowest BCUT2D eigenvalue weighted by atomic mass is 10.2. The second kappa shape index (κ2) is 6.14. The summed E-state index contributed by atoms with van der Waals surface area (Å²) in [5.41, 5.74) is -0.615. The van der Waals surface area contributed by atoms with Gasteiger partial charge in [-0.2, -0.15) is 0 Å². The maximum absolute atomic E-state index is 12.2. The van der Waals surface area contributed by atoms with Crippen LogP contribution in [0.3, 0.4) is 0 Å². The molecule has 0 radical (unpaired) electrons. The molecular formula is C17H11ClO5. The van der Waals surface area contributed by atoms with E-state index in [1.807, 2.05) is 0 Å². The second-order valence-corrected chi connectivity index (χ2v) is 5.13. The second-order valence-electron chi connectivity index (χ2n) is 4.70. The van der Waals surface area contributed by atoms with Crippen molar-refractivity contribution in [2.45, 2.75) is 0 Å². The number of methoxy groups -OCH3 is 1. The van der Waals surface area contributed by atoms with Gasteiger partial charge in [-0.1, -0.05) is 17.7 Å². The minimum Gasteiger partial charge on any atom is -0.497 e. The first-order valence-electron chi connectivity index (χ1n) is 6.66. The number of hydrogen-bond acceptors (Lipinski definition) is 5. The predicted octanol–water partition coefficient (Wildman–Crippen LogP) is 3.67. The third-order valence-electron chi connectivity index (χ3n) is 3.17. The molecule has 0 atom stereocenters. The molecule has 1 heterocycles. The first-order chi connectivity index (χ1) is 11.1. The maximum atomic E-state index is 12.2. The van der Waals surface area contributed by atoms with Crippen molar-refractivity contribution in [1.29, 1.82) is 0 Å². The van der Waals surface area contributed by atoms with Gasteiger partial charge in [-0.15, -0.1) is 0 Å². The number of esters is 1.